The second-order valence-corrected chi connectivity index (χ2v) is 15.3. The number of rotatable bonds is 30. The molecule has 0 aromatic rings. The van der Waals surface area contributed by atoms with E-state index < -0.39 is 60.9 Å². The Kier molecular flexibility index (Phi) is 23.1. The minimum atomic E-state index is -1.32. The number of carbonyl (C=O) groups excluding carboxylic acids is 6. The zero-order chi connectivity index (χ0) is 43.0. The quantitative estimate of drug-likeness (QED) is 0.0258. The molecule has 2 aliphatic heterocycles. The molecule has 6 amide bonds. The van der Waals surface area contributed by atoms with Crippen LogP contribution >= 0.6 is 0 Å². The van der Waals surface area contributed by atoms with Gasteiger partial charge in [-0.3, -0.25) is 33.7 Å². The zero-order valence-corrected chi connectivity index (χ0v) is 34.5. The number of hydrogen-bond donors (Lipinski definition) is 8. The Hall–Kier alpha value is -3.56. The molecule has 0 bridgehead atoms. The van der Waals surface area contributed by atoms with Crippen LogP contribution in [-0.2, 0) is 47.7 Å². The van der Waals surface area contributed by atoms with Crippen molar-refractivity contribution < 1.29 is 63.0 Å². The normalized spacial score (nSPS) is 23.0. The van der Waals surface area contributed by atoms with Gasteiger partial charge in [0.05, 0.1) is 25.9 Å². The van der Waals surface area contributed by atoms with E-state index in [1.54, 1.807) is 0 Å². The number of nitrogens with two attached hydrogens (primary N) is 1. The lowest BCUT2D eigenvalue weighted by atomic mass is 9.98. The highest BCUT2D eigenvalue weighted by Crippen LogP contribution is 2.34. The van der Waals surface area contributed by atoms with Crippen LogP contribution in [0.25, 0.3) is 0 Å². The topological polar surface area (TPSA) is 277 Å². The van der Waals surface area contributed by atoms with E-state index in [0.29, 0.717) is 64.5 Å². The SMILES string of the molecule is CCCCC[C@H](NC(=O)CCCCO[C@@H]1OC(CO)[C@H](O)C(O)[C@@H]1N)C(=O)NCCCCCC(=O)NCCOC1(OCCNC(=O)CCN2C(=O)C=CC2=O)CCCC1. The van der Waals surface area contributed by atoms with E-state index in [1.165, 1.54) is 12.2 Å². The third-order valence-corrected chi connectivity index (χ3v) is 10.5. The van der Waals surface area contributed by atoms with Crippen LogP contribution in [0.4, 0.5) is 0 Å². The molecule has 59 heavy (non-hydrogen) atoms. The lowest BCUT2D eigenvalue weighted by molar-refractivity contribution is -0.265. The van der Waals surface area contributed by atoms with Crippen LogP contribution in [0.1, 0.15) is 110 Å². The summed E-state index contributed by atoms with van der Waals surface area (Å²) in [5.74, 6) is -2.49. The zero-order valence-electron chi connectivity index (χ0n) is 34.5. The van der Waals surface area contributed by atoms with Crippen LogP contribution in [0.5, 0.6) is 0 Å². The van der Waals surface area contributed by atoms with Crippen LogP contribution in [0.2, 0.25) is 0 Å². The van der Waals surface area contributed by atoms with Crippen molar-refractivity contribution in [1.29, 1.82) is 0 Å². The van der Waals surface area contributed by atoms with Crippen LogP contribution in [0.3, 0.4) is 0 Å². The predicted octanol–water partition coefficient (Wildman–Crippen LogP) is -0.468. The smallest absolute Gasteiger partial charge is 0.253 e. The minimum Gasteiger partial charge on any atom is -0.394 e. The molecule has 336 valence electrons. The van der Waals surface area contributed by atoms with Gasteiger partial charge in [0.2, 0.25) is 23.6 Å². The van der Waals surface area contributed by atoms with Crippen molar-refractivity contribution in [2.75, 3.05) is 52.6 Å². The lowest BCUT2D eigenvalue weighted by Gasteiger charge is -2.40. The van der Waals surface area contributed by atoms with Gasteiger partial charge in [0, 0.05) is 77.0 Å². The predicted molar refractivity (Wildman–Crippen MR) is 213 cm³/mol. The number of amides is 6. The van der Waals surface area contributed by atoms with Crippen molar-refractivity contribution in [3.63, 3.8) is 0 Å². The number of aliphatic hydroxyl groups is 3. The van der Waals surface area contributed by atoms with Crippen molar-refractivity contribution in [2.45, 2.75) is 152 Å². The molecule has 9 N–H and O–H groups in total. The highest BCUT2D eigenvalue weighted by molar-refractivity contribution is 6.13. The van der Waals surface area contributed by atoms with Crippen molar-refractivity contribution in [2.24, 2.45) is 5.73 Å². The Morgan fingerprint density at radius 3 is 2.08 bits per heavy atom. The Labute approximate surface area is 346 Å². The standard InChI is InChI=1S/C40H68N6O13/c1-2-3-5-12-28(45-32(50)14-7-11-24-56-39-35(41)37(54)36(53)29(27-47)59-39)38(55)44-20-10-4-6-13-30(48)42-21-25-57-40(18-8-9-19-40)58-26-22-43-31(49)17-23-46-33(51)15-16-34(46)52/h15-16,28-29,35-37,39,47,53-54H,2-14,17-27,41H2,1H3,(H,42,48)(H,43,49)(H,44,55)(H,45,50)/t28-,29?,35-,36-,37?,39+/m0/s1. The first-order chi connectivity index (χ1) is 28.4. The summed E-state index contributed by atoms with van der Waals surface area (Å²) in [5, 5.41) is 40.7. The first kappa shape index (κ1) is 49.8. The van der Waals surface area contributed by atoms with Crippen molar-refractivity contribution in [1.82, 2.24) is 26.2 Å². The van der Waals surface area contributed by atoms with Crippen molar-refractivity contribution >= 4 is 35.4 Å². The van der Waals surface area contributed by atoms with Gasteiger partial charge in [-0.2, -0.15) is 0 Å². The molecule has 0 radical (unpaired) electrons. The molecule has 0 spiro atoms. The van der Waals surface area contributed by atoms with Gasteiger partial charge in [-0.15, -0.1) is 0 Å². The van der Waals surface area contributed by atoms with Gasteiger partial charge < -0.3 is 61.3 Å². The molecule has 0 aromatic carbocycles. The summed E-state index contributed by atoms with van der Waals surface area (Å²) in [6, 6.07) is -1.64. The van der Waals surface area contributed by atoms with Gasteiger partial charge >= 0.3 is 0 Å². The fourth-order valence-electron chi connectivity index (χ4n) is 7.04. The monoisotopic (exact) mass is 840 g/mol. The first-order valence-corrected chi connectivity index (χ1v) is 21.3. The summed E-state index contributed by atoms with van der Waals surface area (Å²) in [6.07, 6.45) is 7.79. The number of unbranched alkanes of at least 4 members (excludes halogenated alkanes) is 5. The molecule has 1 saturated carbocycles. The summed E-state index contributed by atoms with van der Waals surface area (Å²) >= 11 is 0. The number of ether oxygens (including phenoxy) is 4. The maximum atomic E-state index is 13.0. The Bertz CT molecular complexity index is 1340. The largest absolute Gasteiger partial charge is 0.394 e. The molecule has 1 saturated heterocycles. The number of nitrogens with zero attached hydrogens (tertiary/aromatic N) is 1. The van der Waals surface area contributed by atoms with E-state index in [0.717, 1.165) is 43.4 Å². The molecule has 19 heteroatoms. The molecular formula is C40H68N6O13. The highest BCUT2D eigenvalue weighted by atomic mass is 16.7. The fourth-order valence-corrected chi connectivity index (χ4v) is 7.04. The highest BCUT2D eigenvalue weighted by Gasteiger charge is 2.43. The number of nitrogens with one attached hydrogen (secondary N) is 4. The fraction of sp³-hybridized carbons (Fsp3) is 0.800. The van der Waals surface area contributed by atoms with E-state index in [2.05, 4.69) is 28.2 Å². The minimum absolute atomic E-state index is 0.00495. The molecule has 19 nitrogen and oxygen atoms in total. The molecule has 2 fully saturated rings. The molecule has 3 aliphatic rings. The van der Waals surface area contributed by atoms with Crippen molar-refractivity contribution in [3.8, 4) is 0 Å². The third kappa shape index (κ3) is 17.9. The molecular weight excluding hydrogens is 772 g/mol. The Balaban J connectivity index is 1.22. The second kappa shape index (κ2) is 27.3. The molecule has 1 aliphatic carbocycles. The lowest BCUT2D eigenvalue weighted by Crippen LogP contribution is -2.62. The van der Waals surface area contributed by atoms with Gasteiger partial charge in [0.15, 0.2) is 12.1 Å². The van der Waals surface area contributed by atoms with E-state index in [9.17, 15) is 44.1 Å². The Morgan fingerprint density at radius 1 is 0.814 bits per heavy atom. The maximum absolute atomic E-state index is 13.0. The summed E-state index contributed by atoms with van der Waals surface area (Å²) in [6.45, 7) is 3.27. The van der Waals surface area contributed by atoms with Gasteiger partial charge in [0.1, 0.15) is 24.4 Å². The van der Waals surface area contributed by atoms with E-state index >= 15 is 0 Å². The molecule has 3 rings (SSSR count). The average molecular weight is 841 g/mol. The van der Waals surface area contributed by atoms with E-state index in [-0.39, 0.29) is 69.4 Å². The summed E-state index contributed by atoms with van der Waals surface area (Å²) in [7, 11) is 0. The number of carbonyl (C=O) groups is 6. The first-order valence-electron chi connectivity index (χ1n) is 21.3. The summed E-state index contributed by atoms with van der Waals surface area (Å²) < 4.78 is 23.1. The number of aliphatic hydroxyl groups excluding tert-OH is 3. The maximum Gasteiger partial charge on any atom is 0.253 e. The summed E-state index contributed by atoms with van der Waals surface area (Å²) in [4.78, 5) is 74.6. The van der Waals surface area contributed by atoms with E-state index in [1.807, 2.05) is 0 Å². The van der Waals surface area contributed by atoms with Gasteiger partial charge in [0.25, 0.3) is 11.8 Å². The van der Waals surface area contributed by atoms with Gasteiger partial charge in [-0.1, -0.05) is 32.6 Å². The molecule has 2 unspecified atom stereocenters. The number of hydrogen-bond acceptors (Lipinski definition) is 14. The third-order valence-electron chi connectivity index (χ3n) is 10.5. The van der Waals surface area contributed by atoms with Crippen LogP contribution < -0.4 is 27.0 Å². The van der Waals surface area contributed by atoms with Crippen LogP contribution in [-0.4, -0.2) is 151 Å². The van der Waals surface area contributed by atoms with Crippen LogP contribution in [0.15, 0.2) is 12.2 Å². The molecule has 2 heterocycles. The number of imide groups is 1. The molecule has 6 atom stereocenters. The summed E-state index contributed by atoms with van der Waals surface area (Å²) in [5.41, 5.74) is 5.89. The van der Waals surface area contributed by atoms with Gasteiger partial charge in [-0.25, -0.2) is 0 Å². The van der Waals surface area contributed by atoms with Crippen molar-refractivity contribution in [3.05, 3.63) is 12.2 Å². The average Bonchev–Trinajstić information content (AvgIpc) is 3.82. The Morgan fingerprint density at radius 2 is 1.44 bits per heavy atom. The van der Waals surface area contributed by atoms with Crippen LogP contribution in [0, 0.1) is 0 Å². The molecule has 0 aromatic heterocycles. The van der Waals surface area contributed by atoms with Gasteiger partial charge in [-0.05, 0) is 44.9 Å². The second-order valence-electron chi connectivity index (χ2n) is 15.3. The van der Waals surface area contributed by atoms with E-state index in [4.69, 9.17) is 24.7 Å².